The molecule has 0 bridgehead atoms. The lowest BCUT2D eigenvalue weighted by atomic mass is 9.98. The number of hydrogen-bond donors (Lipinski definition) is 0. The lowest BCUT2D eigenvalue weighted by Gasteiger charge is -2.06. The number of halogens is 1. The zero-order chi connectivity index (χ0) is 14.5. The Morgan fingerprint density at radius 2 is 1.95 bits per heavy atom. The molecule has 100 valence electrons. The lowest BCUT2D eigenvalue weighted by Crippen LogP contribution is -2.08. The predicted molar refractivity (Wildman–Crippen MR) is 83.0 cm³/mol. The summed E-state index contributed by atoms with van der Waals surface area (Å²) in [6.45, 7) is 1.93. The predicted octanol–water partition coefficient (Wildman–Crippen LogP) is 3.98. The summed E-state index contributed by atoms with van der Waals surface area (Å²) < 4.78 is 0. The van der Waals surface area contributed by atoms with Gasteiger partial charge in [0.2, 0.25) is 0 Å². The molecule has 20 heavy (non-hydrogen) atoms. The van der Waals surface area contributed by atoms with Gasteiger partial charge in [-0.2, -0.15) is 0 Å². The highest BCUT2D eigenvalue weighted by Gasteiger charge is 2.08. The maximum Gasteiger partial charge on any atom is 0.141 e. The number of carbonyl (C=O) groups is 1. The van der Waals surface area contributed by atoms with E-state index in [-0.39, 0.29) is 5.78 Å². The molecule has 0 fully saturated rings. The van der Waals surface area contributed by atoms with Crippen LogP contribution in [-0.2, 0) is 17.6 Å². The van der Waals surface area contributed by atoms with E-state index in [1.807, 2.05) is 49.4 Å². The first-order valence-corrected chi connectivity index (χ1v) is 6.79. The Hall–Kier alpha value is -2.04. The van der Waals surface area contributed by atoms with Crippen molar-refractivity contribution in [3.63, 3.8) is 0 Å². The minimum absolute atomic E-state index is 0.148. The zero-order valence-electron chi connectivity index (χ0n) is 11.3. The molecule has 2 aromatic rings. The summed E-state index contributed by atoms with van der Waals surface area (Å²) in [4.78, 5) is 12.1. The molecule has 2 aromatic carbocycles. The molecule has 0 saturated heterocycles. The second-order valence-electron chi connectivity index (χ2n) is 4.78. The lowest BCUT2D eigenvalue weighted by molar-refractivity contribution is -0.117. The second kappa shape index (κ2) is 6.41. The van der Waals surface area contributed by atoms with Crippen LogP contribution in [-0.4, -0.2) is 5.78 Å². The van der Waals surface area contributed by atoms with Crippen molar-refractivity contribution in [1.82, 2.24) is 0 Å². The fourth-order valence-corrected chi connectivity index (χ4v) is 2.25. The van der Waals surface area contributed by atoms with Crippen LogP contribution in [0.5, 0.6) is 0 Å². The number of terminal acetylenes is 1. The molecule has 1 nitrogen and oxygen atoms in total. The largest absolute Gasteiger partial charge is 0.299 e. The molecule has 0 atom stereocenters. The number of aryl methyl sites for hydroxylation is 1. The third-order valence-corrected chi connectivity index (χ3v) is 3.61. The van der Waals surface area contributed by atoms with Crippen LogP contribution in [0.3, 0.4) is 0 Å². The third kappa shape index (κ3) is 3.50. The summed E-state index contributed by atoms with van der Waals surface area (Å²) in [5, 5.41) is 0.721. The first kappa shape index (κ1) is 14.4. The Morgan fingerprint density at radius 3 is 2.65 bits per heavy atom. The number of carbonyl (C=O) groups excluding carboxylic acids is 1. The number of hydrogen-bond acceptors (Lipinski definition) is 1. The molecule has 0 amide bonds. The van der Waals surface area contributed by atoms with Crippen molar-refractivity contribution >= 4 is 17.4 Å². The maximum atomic E-state index is 12.1. The van der Waals surface area contributed by atoms with Gasteiger partial charge in [0.1, 0.15) is 5.78 Å². The summed E-state index contributed by atoms with van der Waals surface area (Å²) in [6, 6.07) is 13.2. The summed E-state index contributed by atoms with van der Waals surface area (Å²) in [7, 11) is 0. The Kier molecular flexibility index (Phi) is 4.61. The van der Waals surface area contributed by atoms with Crippen molar-refractivity contribution in [2.24, 2.45) is 0 Å². The van der Waals surface area contributed by atoms with Crippen LogP contribution in [0.2, 0.25) is 5.02 Å². The van der Waals surface area contributed by atoms with Crippen LogP contribution in [0, 0.1) is 19.3 Å². The van der Waals surface area contributed by atoms with Crippen molar-refractivity contribution in [2.45, 2.75) is 19.8 Å². The normalized spacial score (nSPS) is 10.1. The summed E-state index contributed by atoms with van der Waals surface area (Å²) in [5.41, 5.74) is 3.66. The molecule has 0 saturated carbocycles. The second-order valence-corrected chi connectivity index (χ2v) is 5.18. The van der Waals surface area contributed by atoms with Gasteiger partial charge in [-0.3, -0.25) is 4.79 Å². The SMILES string of the molecule is C#Cc1ccccc1CC(=O)Cc1ccc(Cl)c(C)c1. The highest BCUT2D eigenvalue weighted by Crippen LogP contribution is 2.17. The third-order valence-electron chi connectivity index (χ3n) is 3.18. The number of ketones is 1. The summed E-state index contributed by atoms with van der Waals surface area (Å²) in [6.07, 6.45) is 6.20. The Bertz CT molecular complexity index is 680. The fraction of sp³-hybridized carbons (Fsp3) is 0.167. The number of rotatable bonds is 4. The zero-order valence-corrected chi connectivity index (χ0v) is 12.1. The van der Waals surface area contributed by atoms with E-state index in [1.54, 1.807) is 0 Å². The van der Waals surface area contributed by atoms with E-state index in [1.165, 1.54) is 0 Å². The van der Waals surface area contributed by atoms with E-state index in [4.69, 9.17) is 18.0 Å². The Labute approximate surface area is 124 Å². The molecule has 2 rings (SSSR count). The quantitative estimate of drug-likeness (QED) is 0.775. The van der Waals surface area contributed by atoms with Crippen LogP contribution in [0.15, 0.2) is 42.5 Å². The van der Waals surface area contributed by atoms with Crippen molar-refractivity contribution in [1.29, 1.82) is 0 Å². The van der Waals surface area contributed by atoms with Crippen molar-refractivity contribution in [2.75, 3.05) is 0 Å². The molecule has 0 unspecified atom stereocenters. The van der Waals surface area contributed by atoms with Gasteiger partial charge in [0.25, 0.3) is 0 Å². The van der Waals surface area contributed by atoms with Gasteiger partial charge in [0.05, 0.1) is 0 Å². The molecule has 0 aliphatic carbocycles. The molecule has 0 spiro atoms. The van der Waals surface area contributed by atoms with Crippen molar-refractivity contribution < 1.29 is 4.79 Å². The molecule has 2 heteroatoms. The molecule has 0 aromatic heterocycles. The average Bonchev–Trinajstić information content (AvgIpc) is 2.43. The first-order valence-electron chi connectivity index (χ1n) is 6.41. The van der Waals surface area contributed by atoms with E-state index in [2.05, 4.69) is 5.92 Å². The van der Waals surface area contributed by atoms with Gasteiger partial charge < -0.3 is 0 Å². The maximum absolute atomic E-state index is 12.1. The van der Waals surface area contributed by atoms with E-state index in [9.17, 15) is 4.79 Å². The van der Waals surface area contributed by atoms with E-state index < -0.39 is 0 Å². The fourth-order valence-electron chi connectivity index (χ4n) is 2.13. The molecule has 0 aliphatic heterocycles. The molecular formula is C18H15ClO. The van der Waals surface area contributed by atoms with Crippen LogP contribution in [0.25, 0.3) is 0 Å². The molecule has 0 radical (unpaired) electrons. The first-order chi connectivity index (χ1) is 9.60. The summed E-state index contributed by atoms with van der Waals surface area (Å²) in [5.74, 6) is 2.76. The molecule has 0 aliphatic rings. The highest BCUT2D eigenvalue weighted by atomic mass is 35.5. The van der Waals surface area contributed by atoms with Crippen LogP contribution in [0.1, 0.15) is 22.3 Å². The smallest absolute Gasteiger partial charge is 0.141 e. The summed E-state index contributed by atoms with van der Waals surface area (Å²) >= 11 is 5.98. The van der Waals surface area contributed by atoms with E-state index in [0.717, 1.165) is 27.3 Å². The minimum Gasteiger partial charge on any atom is -0.299 e. The molecule has 0 heterocycles. The Morgan fingerprint density at radius 1 is 1.20 bits per heavy atom. The topological polar surface area (TPSA) is 17.1 Å². The van der Waals surface area contributed by atoms with Gasteiger partial charge >= 0.3 is 0 Å². The van der Waals surface area contributed by atoms with Crippen molar-refractivity contribution in [3.8, 4) is 12.3 Å². The highest BCUT2D eigenvalue weighted by molar-refractivity contribution is 6.31. The van der Waals surface area contributed by atoms with Gasteiger partial charge in [0, 0.05) is 23.4 Å². The minimum atomic E-state index is 0.148. The van der Waals surface area contributed by atoms with E-state index >= 15 is 0 Å². The molecular weight excluding hydrogens is 268 g/mol. The number of Topliss-reactive ketones (excluding diaryl/α,β-unsaturated/α-hetero) is 1. The van der Waals surface area contributed by atoms with Crippen LogP contribution < -0.4 is 0 Å². The average molecular weight is 283 g/mol. The van der Waals surface area contributed by atoms with Gasteiger partial charge in [-0.1, -0.05) is 47.9 Å². The van der Waals surface area contributed by atoms with Crippen LogP contribution >= 0.6 is 11.6 Å². The Balaban J connectivity index is 2.09. The number of benzene rings is 2. The molecule has 0 N–H and O–H groups in total. The van der Waals surface area contributed by atoms with Gasteiger partial charge in [-0.15, -0.1) is 6.42 Å². The van der Waals surface area contributed by atoms with Gasteiger partial charge in [-0.25, -0.2) is 0 Å². The van der Waals surface area contributed by atoms with E-state index in [0.29, 0.717) is 12.8 Å². The van der Waals surface area contributed by atoms with Gasteiger partial charge in [-0.05, 0) is 35.7 Å². The van der Waals surface area contributed by atoms with Crippen molar-refractivity contribution in [3.05, 3.63) is 69.7 Å². The van der Waals surface area contributed by atoms with Gasteiger partial charge in [0.15, 0.2) is 0 Å². The van der Waals surface area contributed by atoms with Crippen LogP contribution in [0.4, 0.5) is 0 Å². The standard InChI is InChI=1S/C18H15ClO/c1-3-15-6-4-5-7-16(15)12-17(20)11-14-8-9-18(19)13(2)10-14/h1,4-10H,11-12H2,2H3. The monoisotopic (exact) mass is 282 g/mol.